The molecule has 0 aromatic heterocycles. The SMILES string of the molecule is O=C(NCCCOc1cccc(CN2CCCC2)c1)c1cccc(C(=O)NCCCOc2cccc(CN3CCCC3)c2)c1. The van der Waals surface area contributed by atoms with Gasteiger partial charge in [-0.3, -0.25) is 19.4 Å². The number of nitrogens with zero attached hydrogens (tertiary/aromatic N) is 2. The number of amides is 2. The molecule has 2 N–H and O–H groups in total. The van der Waals surface area contributed by atoms with Gasteiger partial charge in [-0.25, -0.2) is 0 Å². The molecule has 0 aliphatic carbocycles. The van der Waals surface area contributed by atoms with Gasteiger partial charge in [0.2, 0.25) is 0 Å². The summed E-state index contributed by atoms with van der Waals surface area (Å²) in [5, 5.41) is 5.87. The molecule has 3 aromatic rings. The monoisotopic (exact) mass is 598 g/mol. The third-order valence-electron chi connectivity index (χ3n) is 8.14. The van der Waals surface area contributed by atoms with Crippen LogP contribution in [0.4, 0.5) is 0 Å². The first-order valence-corrected chi connectivity index (χ1v) is 16.2. The van der Waals surface area contributed by atoms with Gasteiger partial charge in [0.1, 0.15) is 11.5 Å². The molecular weight excluding hydrogens is 552 g/mol. The van der Waals surface area contributed by atoms with Crippen LogP contribution in [0, 0.1) is 0 Å². The van der Waals surface area contributed by atoms with Crippen molar-refractivity contribution in [3.05, 3.63) is 95.1 Å². The summed E-state index contributed by atoms with van der Waals surface area (Å²) < 4.78 is 11.9. The van der Waals surface area contributed by atoms with Gasteiger partial charge in [-0.1, -0.05) is 30.3 Å². The van der Waals surface area contributed by atoms with E-state index in [-0.39, 0.29) is 11.8 Å². The number of hydrogen-bond acceptors (Lipinski definition) is 6. The molecule has 44 heavy (non-hydrogen) atoms. The van der Waals surface area contributed by atoms with Crippen molar-refractivity contribution in [1.82, 2.24) is 20.4 Å². The van der Waals surface area contributed by atoms with Crippen molar-refractivity contribution in [2.24, 2.45) is 0 Å². The fraction of sp³-hybridized carbons (Fsp3) is 0.444. The van der Waals surface area contributed by atoms with Crippen LogP contribution < -0.4 is 20.1 Å². The van der Waals surface area contributed by atoms with Crippen molar-refractivity contribution in [2.75, 3.05) is 52.5 Å². The predicted octanol–water partition coefficient (Wildman–Crippen LogP) is 5.28. The summed E-state index contributed by atoms with van der Waals surface area (Å²) in [7, 11) is 0. The van der Waals surface area contributed by atoms with Gasteiger partial charge >= 0.3 is 0 Å². The van der Waals surface area contributed by atoms with E-state index in [1.165, 1.54) is 63.0 Å². The van der Waals surface area contributed by atoms with E-state index in [1.807, 2.05) is 24.3 Å². The Balaban J connectivity index is 0.963. The Morgan fingerprint density at radius 1 is 0.591 bits per heavy atom. The van der Waals surface area contributed by atoms with Crippen molar-refractivity contribution in [3.8, 4) is 11.5 Å². The Labute approximate surface area is 261 Å². The molecule has 2 aliphatic rings. The van der Waals surface area contributed by atoms with Crippen LogP contribution in [0.3, 0.4) is 0 Å². The molecule has 0 spiro atoms. The van der Waals surface area contributed by atoms with E-state index in [0.29, 0.717) is 50.3 Å². The van der Waals surface area contributed by atoms with E-state index >= 15 is 0 Å². The highest BCUT2D eigenvalue weighted by molar-refractivity contribution is 5.99. The summed E-state index contributed by atoms with van der Waals surface area (Å²) in [5.74, 6) is 1.32. The van der Waals surface area contributed by atoms with Gasteiger partial charge in [0.25, 0.3) is 11.8 Å². The molecule has 2 saturated heterocycles. The minimum Gasteiger partial charge on any atom is -0.494 e. The average Bonchev–Trinajstić information content (AvgIpc) is 3.76. The quantitative estimate of drug-likeness (QED) is 0.219. The lowest BCUT2D eigenvalue weighted by atomic mass is 10.1. The van der Waals surface area contributed by atoms with Crippen molar-refractivity contribution in [3.63, 3.8) is 0 Å². The largest absolute Gasteiger partial charge is 0.494 e. The maximum atomic E-state index is 12.7. The maximum Gasteiger partial charge on any atom is 0.251 e. The number of carbonyl (C=O) groups excluding carboxylic acids is 2. The van der Waals surface area contributed by atoms with Crippen molar-refractivity contribution in [1.29, 1.82) is 0 Å². The second kappa shape index (κ2) is 16.8. The zero-order valence-electron chi connectivity index (χ0n) is 25.8. The van der Waals surface area contributed by atoms with Crippen LogP contribution in [0.1, 0.15) is 70.4 Å². The molecule has 2 heterocycles. The predicted molar refractivity (Wildman–Crippen MR) is 173 cm³/mol. The minimum atomic E-state index is -0.201. The number of ether oxygens (including phenoxy) is 2. The van der Waals surface area contributed by atoms with E-state index in [4.69, 9.17) is 9.47 Å². The number of rotatable bonds is 16. The topological polar surface area (TPSA) is 83.1 Å². The molecule has 0 saturated carbocycles. The summed E-state index contributed by atoms with van der Waals surface area (Å²) in [4.78, 5) is 30.4. The van der Waals surface area contributed by atoms with Crippen molar-refractivity contribution in [2.45, 2.75) is 51.6 Å². The van der Waals surface area contributed by atoms with Gasteiger partial charge in [0, 0.05) is 37.3 Å². The number of nitrogens with one attached hydrogen (secondary N) is 2. The Morgan fingerprint density at radius 2 is 1.02 bits per heavy atom. The highest BCUT2D eigenvalue weighted by Crippen LogP contribution is 2.19. The Hall–Kier alpha value is -3.88. The number of hydrogen-bond donors (Lipinski definition) is 2. The molecule has 3 aromatic carbocycles. The van der Waals surface area contributed by atoms with Crippen LogP contribution in [0.15, 0.2) is 72.8 Å². The van der Waals surface area contributed by atoms with Crippen LogP contribution in [-0.4, -0.2) is 74.1 Å². The number of likely N-dealkylation sites (tertiary alicyclic amines) is 2. The first-order chi connectivity index (χ1) is 21.6. The van der Waals surface area contributed by atoms with Gasteiger partial charge in [0.05, 0.1) is 13.2 Å². The second-order valence-electron chi connectivity index (χ2n) is 11.8. The first-order valence-electron chi connectivity index (χ1n) is 16.2. The molecule has 0 unspecified atom stereocenters. The van der Waals surface area contributed by atoms with E-state index in [2.05, 4.69) is 44.7 Å². The number of carbonyl (C=O) groups is 2. The third kappa shape index (κ3) is 10.1. The van der Waals surface area contributed by atoms with Gasteiger partial charge in [-0.05, 0) is 118 Å². The Bertz CT molecular complexity index is 1250. The fourth-order valence-corrected chi connectivity index (χ4v) is 5.80. The van der Waals surface area contributed by atoms with Crippen molar-refractivity contribution < 1.29 is 19.1 Å². The first kappa shape index (κ1) is 31.5. The lowest BCUT2D eigenvalue weighted by Gasteiger charge is -2.15. The second-order valence-corrected chi connectivity index (χ2v) is 11.8. The van der Waals surface area contributed by atoms with Crippen LogP contribution in [0.5, 0.6) is 11.5 Å². The summed E-state index contributed by atoms with van der Waals surface area (Å²) in [5.41, 5.74) is 3.46. The maximum absolute atomic E-state index is 12.7. The van der Waals surface area contributed by atoms with Gasteiger partial charge in [0.15, 0.2) is 0 Å². The molecule has 0 radical (unpaired) electrons. The lowest BCUT2D eigenvalue weighted by molar-refractivity contribution is 0.0950. The average molecular weight is 599 g/mol. The molecular formula is C36H46N4O4. The molecule has 2 amide bonds. The Kier molecular flexibility index (Phi) is 12.1. The fourth-order valence-electron chi connectivity index (χ4n) is 5.80. The van der Waals surface area contributed by atoms with Gasteiger partial charge in [-0.15, -0.1) is 0 Å². The Morgan fingerprint density at radius 3 is 1.48 bits per heavy atom. The zero-order valence-corrected chi connectivity index (χ0v) is 25.8. The highest BCUT2D eigenvalue weighted by Gasteiger charge is 2.14. The molecule has 0 atom stereocenters. The van der Waals surface area contributed by atoms with E-state index in [1.54, 1.807) is 24.3 Å². The molecule has 234 valence electrons. The highest BCUT2D eigenvalue weighted by atomic mass is 16.5. The van der Waals surface area contributed by atoms with Gasteiger partial charge in [-0.2, -0.15) is 0 Å². The zero-order chi connectivity index (χ0) is 30.4. The standard InChI is InChI=1S/C36H46N4O4/c41-35(37-16-8-22-43-33-14-5-10-29(24-33)27-39-18-1-2-19-39)31-12-7-13-32(26-31)36(42)38-17-9-23-44-34-15-6-11-30(25-34)28-40-20-3-4-21-40/h5-7,10-15,24-26H,1-4,8-9,16-23,27-28H2,(H,37,41)(H,38,42). The van der Waals surface area contributed by atoms with Crippen LogP contribution in [0.25, 0.3) is 0 Å². The minimum absolute atomic E-state index is 0.201. The van der Waals surface area contributed by atoms with E-state index in [0.717, 1.165) is 24.6 Å². The van der Waals surface area contributed by atoms with Crippen LogP contribution in [-0.2, 0) is 13.1 Å². The molecule has 0 bridgehead atoms. The normalized spacial score (nSPS) is 15.3. The van der Waals surface area contributed by atoms with Gasteiger partial charge < -0.3 is 20.1 Å². The molecule has 2 aliphatic heterocycles. The summed E-state index contributed by atoms with van der Waals surface area (Å²) in [6.45, 7) is 8.62. The molecule has 2 fully saturated rings. The molecule has 5 rings (SSSR count). The van der Waals surface area contributed by atoms with E-state index < -0.39 is 0 Å². The smallest absolute Gasteiger partial charge is 0.251 e. The van der Waals surface area contributed by atoms with E-state index in [9.17, 15) is 9.59 Å². The lowest BCUT2D eigenvalue weighted by Crippen LogP contribution is -2.27. The molecule has 8 nitrogen and oxygen atoms in total. The summed E-state index contributed by atoms with van der Waals surface area (Å²) >= 11 is 0. The van der Waals surface area contributed by atoms with Crippen molar-refractivity contribution >= 4 is 11.8 Å². The third-order valence-corrected chi connectivity index (χ3v) is 8.14. The summed E-state index contributed by atoms with van der Waals surface area (Å²) in [6.07, 6.45) is 6.50. The summed E-state index contributed by atoms with van der Waals surface area (Å²) in [6, 6.07) is 23.3. The van der Waals surface area contributed by atoms with Crippen LogP contribution >= 0.6 is 0 Å². The van der Waals surface area contributed by atoms with Crippen LogP contribution in [0.2, 0.25) is 0 Å². The molecule has 8 heteroatoms. The number of benzene rings is 3.